The van der Waals surface area contributed by atoms with Gasteiger partial charge in [0.2, 0.25) is 5.95 Å². The molecule has 0 radical (unpaired) electrons. The van der Waals surface area contributed by atoms with Crippen molar-refractivity contribution in [2.45, 2.75) is 6.92 Å². The molecule has 0 spiro atoms. The van der Waals surface area contributed by atoms with Crippen LogP contribution in [0.5, 0.6) is 0 Å². The van der Waals surface area contributed by atoms with Crippen molar-refractivity contribution >= 4 is 22.6 Å². The fourth-order valence-electron chi connectivity index (χ4n) is 2.70. The molecule has 2 aromatic heterocycles. The van der Waals surface area contributed by atoms with Gasteiger partial charge in [-0.2, -0.15) is 0 Å². The molecule has 0 amide bonds. The molecule has 4 aromatic rings. The Bertz CT molecular complexity index is 1090. The highest BCUT2D eigenvalue weighted by Gasteiger charge is 2.15. The summed E-state index contributed by atoms with van der Waals surface area (Å²) in [4.78, 5) is 12.8. The number of fused-ring (bicyclic) bond motifs is 1. The van der Waals surface area contributed by atoms with E-state index in [1.165, 1.54) is 12.1 Å². The topological polar surface area (TPSA) is 43.6 Å². The van der Waals surface area contributed by atoms with Crippen LogP contribution in [0.1, 0.15) is 5.82 Å². The van der Waals surface area contributed by atoms with Crippen molar-refractivity contribution < 1.29 is 8.78 Å². The smallest absolute Gasteiger partial charge is 0.236 e. The highest BCUT2D eigenvalue weighted by molar-refractivity contribution is 6.30. The molecule has 0 unspecified atom stereocenters. The molecule has 0 N–H and O–H groups in total. The minimum absolute atomic E-state index is 0.138. The van der Waals surface area contributed by atoms with Gasteiger partial charge in [-0.1, -0.05) is 23.7 Å². The van der Waals surface area contributed by atoms with Crippen LogP contribution in [0.4, 0.5) is 8.78 Å². The van der Waals surface area contributed by atoms with Gasteiger partial charge in [0.05, 0.1) is 17.2 Å². The zero-order valence-corrected chi connectivity index (χ0v) is 13.8. The van der Waals surface area contributed by atoms with Crippen LogP contribution >= 0.6 is 11.6 Å². The van der Waals surface area contributed by atoms with Crippen molar-refractivity contribution in [1.82, 2.24) is 19.5 Å². The lowest BCUT2D eigenvalue weighted by Gasteiger charge is -2.08. The number of aryl methyl sites for hydroxylation is 1. The molecular formula is C18H11ClF2N4. The molecule has 4 nitrogen and oxygen atoms in total. The Kier molecular flexibility index (Phi) is 3.69. The van der Waals surface area contributed by atoms with Gasteiger partial charge in [0, 0.05) is 16.7 Å². The van der Waals surface area contributed by atoms with Gasteiger partial charge in [0.25, 0.3) is 0 Å². The molecule has 25 heavy (non-hydrogen) atoms. The van der Waals surface area contributed by atoms with Crippen LogP contribution in [0.3, 0.4) is 0 Å². The van der Waals surface area contributed by atoms with Gasteiger partial charge in [-0.3, -0.25) is 4.57 Å². The van der Waals surface area contributed by atoms with Gasteiger partial charge in [-0.05, 0) is 31.2 Å². The van der Waals surface area contributed by atoms with Gasteiger partial charge in [-0.15, -0.1) is 0 Å². The van der Waals surface area contributed by atoms with Crippen molar-refractivity contribution in [2.24, 2.45) is 0 Å². The summed E-state index contributed by atoms with van der Waals surface area (Å²) >= 11 is 5.88. The molecule has 2 heterocycles. The third kappa shape index (κ3) is 2.74. The molecule has 0 aliphatic rings. The average Bonchev–Trinajstić information content (AvgIpc) is 2.91. The Hall–Kier alpha value is -2.86. The Labute approximate surface area is 146 Å². The lowest BCUT2D eigenvalue weighted by atomic mass is 10.1. The third-order valence-corrected chi connectivity index (χ3v) is 4.09. The number of benzene rings is 2. The molecule has 0 aliphatic carbocycles. The van der Waals surface area contributed by atoms with E-state index in [1.807, 2.05) is 0 Å². The van der Waals surface area contributed by atoms with Gasteiger partial charge in [0.1, 0.15) is 17.3 Å². The molecule has 2 aromatic carbocycles. The van der Waals surface area contributed by atoms with E-state index in [-0.39, 0.29) is 11.6 Å². The van der Waals surface area contributed by atoms with Crippen LogP contribution in [-0.4, -0.2) is 19.5 Å². The van der Waals surface area contributed by atoms with Crippen molar-refractivity contribution in [2.75, 3.05) is 0 Å². The maximum absolute atomic E-state index is 14.2. The fraction of sp³-hybridized carbons (Fsp3) is 0.0556. The summed E-state index contributed by atoms with van der Waals surface area (Å²) in [5.41, 5.74) is 1.84. The SMILES string of the molecule is Cc1nc2ccc(F)cc2n1-c1ncc(F)c(-c2ccc(Cl)cc2)n1. The van der Waals surface area contributed by atoms with E-state index in [0.717, 1.165) is 6.20 Å². The lowest BCUT2D eigenvalue weighted by molar-refractivity contribution is 0.615. The van der Waals surface area contributed by atoms with Crippen molar-refractivity contribution in [3.05, 3.63) is 71.1 Å². The van der Waals surface area contributed by atoms with Crippen LogP contribution in [0.25, 0.3) is 28.2 Å². The van der Waals surface area contributed by atoms with Crippen LogP contribution in [0.15, 0.2) is 48.7 Å². The first-order chi connectivity index (χ1) is 12.0. The van der Waals surface area contributed by atoms with Gasteiger partial charge in [0.15, 0.2) is 5.82 Å². The van der Waals surface area contributed by atoms with Gasteiger partial charge < -0.3 is 0 Å². The Morgan fingerprint density at radius 1 is 1.00 bits per heavy atom. The molecule has 7 heteroatoms. The largest absolute Gasteiger partial charge is 0.264 e. The second-order valence-electron chi connectivity index (χ2n) is 5.50. The number of nitrogens with zero attached hydrogens (tertiary/aromatic N) is 4. The van der Waals surface area contributed by atoms with E-state index in [4.69, 9.17) is 11.6 Å². The summed E-state index contributed by atoms with van der Waals surface area (Å²) in [6.45, 7) is 1.76. The standard InChI is InChI=1S/C18H11ClF2N4/c1-10-23-15-7-6-13(20)8-16(15)25(10)18-22-9-14(21)17(24-18)11-2-4-12(19)5-3-11/h2-9H,1H3. The van der Waals surface area contributed by atoms with Crippen molar-refractivity contribution in [3.63, 3.8) is 0 Å². The Morgan fingerprint density at radius 2 is 1.76 bits per heavy atom. The van der Waals surface area contributed by atoms with Crippen LogP contribution in [-0.2, 0) is 0 Å². The second kappa shape index (κ2) is 5.89. The quantitative estimate of drug-likeness (QED) is 0.522. The third-order valence-electron chi connectivity index (χ3n) is 3.83. The average molecular weight is 357 g/mol. The molecule has 0 bridgehead atoms. The van der Waals surface area contributed by atoms with E-state index in [9.17, 15) is 8.78 Å². The summed E-state index contributed by atoms with van der Waals surface area (Å²) in [7, 11) is 0. The summed E-state index contributed by atoms with van der Waals surface area (Å²) in [6, 6.07) is 10.9. The van der Waals surface area contributed by atoms with Crippen molar-refractivity contribution in [1.29, 1.82) is 0 Å². The highest BCUT2D eigenvalue weighted by Crippen LogP contribution is 2.25. The number of rotatable bonds is 2. The number of halogens is 3. The maximum Gasteiger partial charge on any atom is 0.236 e. The molecule has 0 saturated heterocycles. The summed E-state index contributed by atoms with van der Waals surface area (Å²) in [5, 5.41) is 0.547. The minimum atomic E-state index is -0.556. The van der Waals surface area contributed by atoms with Crippen LogP contribution in [0, 0.1) is 18.6 Å². The lowest BCUT2D eigenvalue weighted by Crippen LogP contribution is -2.05. The maximum atomic E-state index is 14.2. The molecule has 0 fully saturated rings. The Morgan fingerprint density at radius 3 is 2.52 bits per heavy atom. The molecule has 124 valence electrons. The first-order valence-electron chi connectivity index (χ1n) is 7.46. The van der Waals surface area contributed by atoms with Gasteiger partial charge in [-0.25, -0.2) is 23.7 Å². The molecule has 0 aliphatic heterocycles. The zero-order chi connectivity index (χ0) is 17.6. The number of imidazole rings is 1. The van der Waals surface area contributed by atoms with Crippen molar-refractivity contribution in [3.8, 4) is 17.2 Å². The van der Waals surface area contributed by atoms with Crippen LogP contribution < -0.4 is 0 Å². The molecule has 4 rings (SSSR count). The number of aromatic nitrogens is 4. The van der Waals surface area contributed by atoms with Crippen LogP contribution in [0.2, 0.25) is 5.02 Å². The second-order valence-corrected chi connectivity index (χ2v) is 5.94. The van der Waals surface area contributed by atoms with E-state index in [1.54, 1.807) is 41.8 Å². The summed E-state index contributed by atoms with van der Waals surface area (Å²) < 4.78 is 29.5. The van der Waals surface area contributed by atoms with E-state index < -0.39 is 11.6 Å². The Balaban J connectivity index is 1.93. The predicted octanol–water partition coefficient (Wildman–Crippen LogP) is 4.72. The zero-order valence-electron chi connectivity index (χ0n) is 13.0. The minimum Gasteiger partial charge on any atom is -0.264 e. The van der Waals surface area contributed by atoms with Gasteiger partial charge >= 0.3 is 0 Å². The highest BCUT2D eigenvalue weighted by atomic mass is 35.5. The number of hydrogen-bond acceptors (Lipinski definition) is 3. The first kappa shape index (κ1) is 15.7. The molecular weight excluding hydrogens is 346 g/mol. The summed E-state index contributed by atoms with van der Waals surface area (Å²) in [6.07, 6.45) is 1.09. The number of hydrogen-bond donors (Lipinski definition) is 0. The van der Waals surface area contributed by atoms with E-state index >= 15 is 0 Å². The van der Waals surface area contributed by atoms with E-state index in [2.05, 4.69) is 15.0 Å². The first-order valence-corrected chi connectivity index (χ1v) is 7.84. The normalized spacial score (nSPS) is 11.2. The summed E-state index contributed by atoms with van der Waals surface area (Å²) in [5.74, 6) is -0.153. The fourth-order valence-corrected chi connectivity index (χ4v) is 2.82. The predicted molar refractivity (Wildman–Crippen MR) is 91.8 cm³/mol. The monoisotopic (exact) mass is 356 g/mol. The molecule has 0 saturated carbocycles. The molecule has 0 atom stereocenters. The van der Waals surface area contributed by atoms with E-state index in [0.29, 0.717) is 27.4 Å².